The number of methoxy groups -OCH3 is 1. The van der Waals surface area contributed by atoms with Gasteiger partial charge in [-0.1, -0.05) is 0 Å². The third kappa shape index (κ3) is 3.52. The van der Waals surface area contributed by atoms with Gasteiger partial charge in [0.05, 0.1) is 18.9 Å². The predicted molar refractivity (Wildman–Crippen MR) is 86.4 cm³/mol. The molecule has 1 aliphatic heterocycles. The van der Waals surface area contributed by atoms with Gasteiger partial charge in [-0.05, 0) is 37.8 Å². The summed E-state index contributed by atoms with van der Waals surface area (Å²) in [4.78, 5) is 18.9. The number of piperidine rings is 1. The lowest BCUT2D eigenvalue weighted by Crippen LogP contribution is -2.39. The smallest absolute Gasteiger partial charge is 0.257 e. The molecule has 0 spiro atoms. The van der Waals surface area contributed by atoms with E-state index in [1.54, 1.807) is 25.6 Å². The average molecular weight is 314 g/mol. The predicted octanol–water partition coefficient (Wildman–Crippen LogP) is 2.15. The van der Waals surface area contributed by atoms with E-state index in [0.717, 1.165) is 38.2 Å². The Morgan fingerprint density at radius 2 is 2.17 bits per heavy atom. The molecule has 3 rings (SSSR count). The molecule has 1 aliphatic rings. The molecule has 2 aromatic rings. The van der Waals surface area contributed by atoms with Crippen molar-refractivity contribution in [3.63, 3.8) is 0 Å². The Hall–Kier alpha value is -2.37. The maximum absolute atomic E-state index is 12.8. The molecule has 6 heteroatoms. The number of nitrogens with zero attached hydrogens (tertiary/aromatic N) is 4. The highest BCUT2D eigenvalue weighted by atomic mass is 16.5. The fraction of sp³-hybridized carbons (Fsp3) is 0.471. The summed E-state index contributed by atoms with van der Waals surface area (Å²) in [6.45, 7) is 4.35. The summed E-state index contributed by atoms with van der Waals surface area (Å²) in [5, 5.41) is 4.26. The van der Waals surface area contributed by atoms with Crippen molar-refractivity contribution in [1.82, 2.24) is 19.7 Å². The first-order valence-corrected chi connectivity index (χ1v) is 7.94. The highest BCUT2D eigenvalue weighted by Crippen LogP contribution is 2.24. The number of amides is 1. The number of ether oxygens (including phenoxy) is 1. The largest absolute Gasteiger partial charge is 0.494 e. The van der Waals surface area contributed by atoms with Crippen molar-refractivity contribution in [3.05, 3.63) is 42.0 Å². The van der Waals surface area contributed by atoms with Crippen LogP contribution in [0.1, 0.15) is 28.9 Å². The van der Waals surface area contributed by atoms with E-state index >= 15 is 0 Å². The Kier molecular flexibility index (Phi) is 4.60. The normalized spacial score (nSPS) is 15.7. The molecular formula is C17H22N4O2. The van der Waals surface area contributed by atoms with Gasteiger partial charge in [0, 0.05) is 37.7 Å². The van der Waals surface area contributed by atoms with E-state index in [9.17, 15) is 4.79 Å². The molecule has 0 N–H and O–H groups in total. The summed E-state index contributed by atoms with van der Waals surface area (Å²) in [5.74, 6) is 1.14. The van der Waals surface area contributed by atoms with Crippen molar-refractivity contribution in [2.75, 3.05) is 20.2 Å². The average Bonchev–Trinajstić information content (AvgIpc) is 3.08. The molecule has 0 unspecified atom stereocenters. The van der Waals surface area contributed by atoms with Gasteiger partial charge in [-0.2, -0.15) is 5.10 Å². The minimum atomic E-state index is 0.0323. The Bertz CT molecular complexity index is 661. The lowest BCUT2D eigenvalue weighted by molar-refractivity contribution is 0.0677. The van der Waals surface area contributed by atoms with Crippen LogP contribution in [0.15, 0.2) is 30.7 Å². The van der Waals surface area contributed by atoms with E-state index in [-0.39, 0.29) is 5.91 Å². The molecule has 1 saturated heterocycles. The fourth-order valence-electron chi connectivity index (χ4n) is 3.04. The second-order valence-electron chi connectivity index (χ2n) is 5.99. The van der Waals surface area contributed by atoms with Crippen LogP contribution in [0, 0.1) is 12.8 Å². The maximum atomic E-state index is 12.8. The highest BCUT2D eigenvalue weighted by Gasteiger charge is 2.26. The van der Waals surface area contributed by atoms with Crippen LogP contribution >= 0.6 is 0 Å². The zero-order chi connectivity index (χ0) is 16.2. The lowest BCUT2D eigenvalue weighted by atomic mass is 9.96. The molecule has 0 saturated carbocycles. The first kappa shape index (κ1) is 15.5. The van der Waals surface area contributed by atoms with Crippen LogP contribution in [0.5, 0.6) is 5.75 Å². The van der Waals surface area contributed by atoms with Gasteiger partial charge in [0.2, 0.25) is 0 Å². The molecule has 0 aliphatic carbocycles. The van der Waals surface area contributed by atoms with Crippen molar-refractivity contribution in [3.8, 4) is 5.75 Å². The summed E-state index contributed by atoms with van der Waals surface area (Å²) in [6, 6.07) is 3.74. The number of hydrogen-bond donors (Lipinski definition) is 0. The Morgan fingerprint density at radius 1 is 1.39 bits per heavy atom. The van der Waals surface area contributed by atoms with E-state index in [0.29, 0.717) is 17.2 Å². The SMILES string of the molecule is COc1cnc(C)cc1C(=O)N1CCC(Cn2cccn2)CC1. The van der Waals surface area contributed by atoms with Crippen LogP contribution in [0.25, 0.3) is 0 Å². The fourth-order valence-corrected chi connectivity index (χ4v) is 3.04. The van der Waals surface area contributed by atoms with Gasteiger partial charge in [-0.25, -0.2) is 0 Å². The second kappa shape index (κ2) is 6.81. The van der Waals surface area contributed by atoms with Gasteiger partial charge in [0.15, 0.2) is 0 Å². The number of likely N-dealkylation sites (tertiary alicyclic amines) is 1. The van der Waals surface area contributed by atoms with Crippen molar-refractivity contribution in [2.24, 2.45) is 5.92 Å². The van der Waals surface area contributed by atoms with Crippen molar-refractivity contribution in [1.29, 1.82) is 0 Å². The Labute approximate surface area is 136 Å². The zero-order valence-electron chi connectivity index (χ0n) is 13.6. The summed E-state index contributed by atoms with van der Waals surface area (Å²) in [6.07, 6.45) is 7.40. The van der Waals surface area contributed by atoms with Crippen LogP contribution in [0.3, 0.4) is 0 Å². The lowest BCUT2D eigenvalue weighted by Gasteiger charge is -2.32. The van der Waals surface area contributed by atoms with Crippen molar-refractivity contribution in [2.45, 2.75) is 26.3 Å². The molecule has 1 fully saturated rings. The first-order valence-electron chi connectivity index (χ1n) is 7.94. The Morgan fingerprint density at radius 3 is 2.83 bits per heavy atom. The highest BCUT2D eigenvalue weighted by molar-refractivity contribution is 5.97. The molecular weight excluding hydrogens is 292 g/mol. The van der Waals surface area contributed by atoms with E-state index < -0.39 is 0 Å². The monoisotopic (exact) mass is 314 g/mol. The number of hydrogen-bond acceptors (Lipinski definition) is 4. The van der Waals surface area contributed by atoms with Crippen LogP contribution < -0.4 is 4.74 Å². The van der Waals surface area contributed by atoms with Gasteiger partial charge in [-0.3, -0.25) is 14.5 Å². The summed E-state index contributed by atoms with van der Waals surface area (Å²) in [7, 11) is 1.57. The topological polar surface area (TPSA) is 60.2 Å². The van der Waals surface area contributed by atoms with E-state index in [4.69, 9.17) is 4.74 Å². The summed E-state index contributed by atoms with van der Waals surface area (Å²) in [5.41, 5.74) is 1.42. The zero-order valence-corrected chi connectivity index (χ0v) is 13.6. The molecule has 0 aromatic carbocycles. The van der Waals surface area contributed by atoms with Gasteiger partial charge >= 0.3 is 0 Å². The standard InChI is InChI=1S/C17H22N4O2/c1-13-10-15(16(23-2)11-18-13)17(22)20-8-4-14(5-9-20)12-21-7-3-6-19-21/h3,6-7,10-11,14H,4-5,8-9,12H2,1-2H3. The quantitative estimate of drug-likeness (QED) is 0.867. The van der Waals surface area contributed by atoms with Gasteiger partial charge in [0.25, 0.3) is 5.91 Å². The van der Waals surface area contributed by atoms with Crippen LogP contribution in [-0.2, 0) is 6.54 Å². The summed E-state index contributed by atoms with van der Waals surface area (Å²) < 4.78 is 7.25. The molecule has 0 atom stereocenters. The molecule has 122 valence electrons. The molecule has 2 aromatic heterocycles. The van der Waals surface area contributed by atoms with Gasteiger partial charge in [0.1, 0.15) is 5.75 Å². The minimum absolute atomic E-state index is 0.0323. The van der Waals surface area contributed by atoms with Gasteiger partial charge < -0.3 is 9.64 Å². The molecule has 1 amide bonds. The molecule has 0 bridgehead atoms. The molecule has 3 heterocycles. The van der Waals surface area contributed by atoms with E-state index in [1.165, 1.54) is 0 Å². The third-order valence-corrected chi connectivity index (χ3v) is 4.36. The second-order valence-corrected chi connectivity index (χ2v) is 5.99. The molecule has 0 radical (unpaired) electrons. The minimum Gasteiger partial charge on any atom is -0.494 e. The van der Waals surface area contributed by atoms with Gasteiger partial charge in [-0.15, -0.1) is 0 Å². The number of pyridine rings is 1. The van der Waals surface area contributed by atoms with E-state index in [1.807, 2.05) is 28.8 Å². The Balaban J connectivity index is 1.63. The number of aryl methyl sites for hydroxylation is 1. The summed E-state index contributed by atoms with van der Waals surface area (Å²) >= 11 is 0. The number of rotatable bonds is 4. The number of aromatic nitrogens is 3. The maximum Gasteiger partial charge on any atom is 0.257 e. The number of carbonyl (C=O) groups is 1. The van der Waals surface area contributed by atoms with Crippen LogP contribution in [-0.4, -0.2) is 45.8 Å². The first-order chi connectivity index (χ1) is 11.2. The van der Waals surface area contributed by atoms with E-state index in [2.05, 4.69) is 10.1 Å². The van der Waals surface area contributed by atoms with Crippen LogP contribution in [0.2, 0.25) is 0 Å². The van der Waals surface area contributed by atoms with Crippen molar-refractivity contribution < 1.29 is 9.53 Å². The van der Waals surface area contributed by atoms with Crippen molar-refractivity contribution >= 4 is 5.91 Å². The van der Waals surface area contributed by atoms with Crippen LogP contribution in [0.4, 0.5) is 0 Å². The third-order valence-electron chi connectivity index (χ3n) is 4.36. The molecule has 6 nitrogen and oxygen atoms in total. The number of carbonyl (C=O) groups excluding carboxylic acids is 1. The molecule has 23 heavy (non-hydrogen) atoms.